The molecule has 7 heteroatoms. The van der Waals surface area contributed by atoms with Gasteiger partial charge in [-0.05, 0) is 25.5 Å². The van der Waals surface area contributed by atoms with Crippen molar-refractivity contribution in [3.8, 4) is 11.5 Å². The maximum absolute atomic E-state index is 12.7. The molecule has 0 aliphatic carbocycles. The van der Waals surface area contributed by atoms with E-state index in [9.17, 15) is 9.59 Å². The molecule has 0 unspecified atom stereocenters. The van der Waals surface area contributed by atoms with Gasteiger partial charge in [0.25, 0.3) is 0 Å². The first-order valence-corrected chi connectivity index (χ1v) is 9.22. The highest BCUT2D eigenvalue weighted by Crippen LogP contribution is 2.47. The van der Waals surface area contributed by atoms with Crippen molar-refractivity contribution >= 4 is 29.3 Å². The fourth-order valence-corrected chi connectivity index (χ4v) is 4.91. The van der Waals surface area contributed by atoms with Crippen LogP contribution >= 0.6 is 11.8 Å². The van der Waals surface area contributed by atoms with E-state index < -0.39 is 6.04 Å². The molecular weight excluding hydrogens is 328 g/mol. The van der Waals surface area contributed by atoms with Crippen molar-refractivity contribution in [2.24, 2.45) is 0 Å². The minimum Gasteiger partial charge on any atom is -0.490 e. The van der Waals surface area contributed by atoms with Crippen LogP contribution in [-0.2, 0) is 9.59 Å². The zero-order valence-electron chi connectivity index (χ0n) is 13.5. The normalized spacial score (nSPS) is 28.5. The molecule has 128 valence electrons. The fraction of sp³-hybridized carbons (Fsp3) is 0.529. The van der Waals surface area contributed by atoms with Crippen LogP contribution in [0.15, 0.2) is 18.2 Å². The Labute approximate surface area is 144 Å². The van der Waals surface area contributed by atoms with Gasteiger partial charge in [-0.1, -0.05) is 0 Å². The number of benzene rings is 1. The maximum atomic E-state index is 12.7. The fourth-order valence-electron chi connectivity index (χ4n) is 3.48. The molecule has 0 radical (unpaired) electrons. The average molecular weight is 348 g/mol. The van der Waals surface area contributed by atoms with E-state index in [0.717, 1.165) is 12.8 Å². The average Bonchev–Trinajstić information content (AvgIpc) is 2.93. The molecule has 0 saturated carbocycles. The van der Waals surface area contributed by atoms with Crippen molar-refractivity contribution in [2.75, 3.05) is 24.3 Å². The van der Waals surface area contributed by atoms with Gasteiger partial charge in [0.1, 0.15) is 6.04 Å². The van der Waals surface area contributed by atoms with E-state index in [1.807, 2.05) is 13.0 Å². The molecular formula is C17H20N2O4S. The Morgan fingerprint density at radius 2 is 2.12 bits per heavy atom. The van der Waals surface area contributed by atoms with Gasteiger partial charge >= 0.3 is 0 Å². The molecule has 0 spiro atoms. The van der Waals surface area contributed by atoms with Crippen molar-refractivity contribution in [1.82, 2.24) is 4.90 Å². The second kappa shape index (κ2) is 5.88. The minimum absolute atomic E-state index is 0.0707. The first-order chi connectivity index (χ1) is 11.6. The second-order valence-corrected chi connectivity index (χ2v) is 7.97. The molecule has 2 fully saturated rings. The van der Waals surface area contributed by atoms with Crippen LogP contribution in [0.2, 0.25) is 0 Å². The zero-order chi connectivity index (χ0) is 16.7. The number of carbonyl (C=O) groups is 2. The zero-order valence-corrected chi connectivity index (χ0v) is 14.4. The number of carbonyl (C=O) groups excluding carboxylic acids is 2. The summed E-state index contributed by atoms with van der Waals surface area (Å²) in [5, 5.41) is 2.92. The van der Waals surface area contributed by atoms with Gasteiger partial charge in [-0.15, -0.1) is 11.8 Å². The molecule has 3 heterocycles. The van der Waals surface area contributed by atoms with E-state index >= 15 is 0 Å². The van der Waals surface area contributed by atoms with Gasteiger partial charge in [-0.25, -0.2) is 0 Å². The monoisotopic (exact) mass is 348 g/mol. The Balaban J connectivity index is 1.50. The van der Waals surface area contributed by atoms with Gasteiger partial charge in [-0.3, -0.25) is 9.59 Å². The summed E-state index contributed by atoms with van der Waals surface area (Å²) in [6.07, 6.45) is 2.17. The number of nitrogens with one attached hydrogen (secondary N) is 1. The Kier molecular flexibility index (Phi) is 3.83. The summed E-state index contributed by atoms with van der Waals surface area (Å²) < 4.78 is 11.3. The molecule has 1 N–H and O–H groups in total. The lowest BCUT2D eigenvalue weighted by molar-refractivity contribution is -0.135. The van der Waals surface area contributed by atoms with Crippen LogP contribution in [0.5, 0.6) is 11.5 Å². The lowest BCUT2D eigenvalue weighted by Gasteiger charge is -2.29. The number of nitrogens with zero attached hydrogens (tertiary/aromatic N) is 1. The molecule has 2 amide bonds. The van der Waals surface area contributed by atoms with Crippen molar-refractivity contribution in [1.29, 1.82) is 0 Å². The number of anilines is 1. The predicted molar refractivity (Wildman–Crippen MR) is 91.4 cm³/mol. The Bertz CT molecular complexity index is 695. The van der Waals surface area contributed by atoms with Gasteiger partial charge in [0.2, 0.25) is 11.8 Å². The first-order valence-electron chi connectivity index (χ1n) is 8.23. The summed E-state index contributed by atoms with van der Waals surface area (Å²) >= 11 is 1.69. The van der Waals surface area contributed by atoms with Gasteiger partial charge in [-0.2, -0.15) is 0 Å². The molecule has 1 aromatic carbocycles. The standard InChI is InChI=1S/C17H20N2O4S/c1-17-6-5-15(20)19(17)12(10-24-17)16(21)18-11-3-4-13-14(9-11)23-8-2-7-22-13/h3-4,9,12H,2,5-8,10H2,1H3,(H,18,21)/t12-,17-/m1/s1. The number of ether oxygens (including phenoxy) is 2. The number of thioether (sulfide) groups is 1. The Morgan fingerprint density at radius 3 is 2.96 bits per heavy atom. The summed E-state index contributed by atoms with van der Waals surface area (Å²) in [6.45, 7) is 3.28. The lowest BCUT2D eigenvalue weighted by Crippen LogP contribution is -2.48. The van der Waals surface area contributed by atoms with Crippen LogP contribution < -0.4 is 14.8 Å². The van der Waals surface area contributed by atoms with Gasteiger partial charge < -0.3 is 19.7 Å². The first kappa shape index (κ1) is 15.6. The summed E-state index contributed by atoms with van der Waals surface area (Å²) in [5.74, 6) is 1.91. The molecule has 24 heavy (non-hydrogen) atoms. The highest BCUT2D eigenvalue weighted by atomic mass is 32.2. The minimum atomic E-state index is -0.411. The van der Waals surface area contributed by atoms with Gasteiger partial charge in [0.15, 0.2) is 11.5 Å². The summed E-state index contributed by atoms with van der Waals surface area (Å²) in [4.78, 5) is 26.4. The van der Waals surface area contributed by atoms with Gasteiger partial charge in [0.05, 0.1) is 18.1 Å². The lowest BCUT2D eigenvalue weighted by atomic mass is 10.2. The number of hydrogen-bond acceptors (Lipinski definition) is 5. The largest absolute Gasteiger partial charge is 0.490 e. The smallest absolute Gasteiger partial charge is 0.248 e. The van der Waals surface area contributed by atoms with Crippen molar-refractivity contribution < 1.29 is 19.1 Å². The highest BCUT2D eigenvalue weighted by Gasteiger charge is 2.52. The molecule has 0 aromatic heterocycles. The van der Waals surface area contributed by atoms with Crippen LogP contribution in [0.25, 0.3) is 0 Å². The Morgan fingerprint density at radius 1 is 1.33 bits per heavy atom. The van der Waals surface area contributed by atoms with E-state index in [-0.39, 0.29) is 16.7 Å². The summed E-state index contributed by atoms with van der Waals surface area (Å²) in [5.41, 5.74) is 0.662. The number of rotatable bonds is 2. The van der Waals surface area contributed by atoms with Crippen LogP contribution in [0.4, 0.5) is 5.69 Å². The van der Waals surface area contributed by atoms with Crippen LogP contribution in [0.1, 0.15) is 26.2 Å². The van der Waals surface area contributed by atoms with Crippen LogP contribution in [0.3, 0.4) is 0 Å². The third-order valence-electron chi connectivity index (χ3n) is 4.76. The van der Waals surface area contributed by atoms with E-state index in [4.69, 9.17) is 9.47 Å². The van der Waals surface area contributed by atoms with Crippen LogP contribution in [0, 0.1) is 0 Å². The molecule has 0 bridgehead atoms. The van der Waals surface area contributed by atoms with Gasteiger partial charge in [0, 0.05) is 30.3 Å². The van der Waals surface area contributed by atoms with E-state index in [1.165, 1.54) is 0 Å². The molecule has 2 saturated heterocycles. The van der Waals surface area contributed by atoms with Crippen molar-refractivity contribution in [2.45, 2.75) is 37.1 Å². The van der Waals surface area contributed by atoms with E-state index in [1.54, 1.807) is 28.8 Å². The maximum Gasteiger partial charge on any atom is 0.248 e. The SMILES string of the molecule is C[C@@]12CCC(=O)N1[C@@H](C(=O)Nc1ccc3c(c1)OCCCO3)CS2. The molecule has 3 aliphatic heterocycles. The van der Waals surface area contributed by atoms with Crippen LogP contribution in [-0.4, -0.2) is 46.6 Å². The number of fused-ring (bicyclic) bond motifs is 2. The molecule has 6 nitrogen and oxygen atoms in total. The molecule has 3 aliphatic rings. The summed E-state index contributed by atoms with van der Waals surface area (Å²) in [7, 11) is 0. The number of amides is 2. The second-order valence-electron chi connectivity index (χ2n) is 6.47. The highest BCUT2D eigenvalue weighted by molar-refractivity contribution is 8.01. The molecule has 2 atom stereocenters. The molecule has 4 rings (SSSR count). The predicted octanol–water partition coefficient (Wildman–Crippen LogP) is 2.24. The summed E-state index contributed by atoms with van der Waals surface area (Å²) in [6, 6.07) is 4.99. The molecule has 1 aromatic rings. The third-order valence-corrected chi connectivity index (χ3v) is 6.27. The van der Waals surface area contributed by atoms with Crippen molar-refractivity contribution in [3.05, 3.63) is 18.2 Å². The van der Waals surface area contributed by atoms with E-state index in [2.05, 4.69) is 5.32 Å². The quantitative estimate of drug-likeness (QED) is 0.888. The van der Waals surface area contributed by atoms with Crippen molar-refractivity contribution in [3.63, 3.8) is 0 Å². The third kappa shape index (κ3) is 2.60. The van der Waals surface area contributed by atoms with E-state index in [0.29, 0.717) is 42.6 Å². The number of hydrogen-bond donors (Lipinski definition) is 1. The Hall–Kier alpha value is -1.89. The topological polar surface area (TPSA) is 67.9 Å².